The Morgan fingerprint density at radius 2 is 1.72 bits per heavy atom. The number of aromatic nitrogens is 1. The maximum absolute atomic E-state index is 14.0. The number of anilines is 3. The van der Waals surface area contributed by atoms with Crippen molar-refractivity contribution in [1.82, 2.24) is 4.98 Å². The standard InChI is InChI=1S/C36H30N4O6S/c1-23-18-30(21-31-33(23)38-22-32(35(37)42)34(31)39-27-10-7-11-28(20-27)46-2)47(44,45)29-12-6-9-25(19-29)36(43)40-26-15-13-24(14-16-26)8-4-3-5-17-41/h6-7,9-22H,3,5H2,1-2H3,(H2,37,42)(H,38,39)(H,40,43). The molecule has 0 saturated heterocycles. The Labute approximate surface area is 271 Å². The molecule has 5 rings (SSSR count). The lowest BCUT2D eigenvalue weighted by Gasteiger charge is -2.16. The van der Waals surface area contributed by atoms with E-state index in [-0.39, 0.29) is 20.9 Å². The van der Waals surface area contributed by atoms with Crippen LogP contribution in [0.3, 0.4) is 0 Å². The molecule has 0 aliphatic heterocycles. The van der Waals surface area contributed by atoms with E-state index in [1.807, 2.05) is 0 Å². The number of hydrogen-bond donors (Lipinski definition) is 3. The van der Waals surface area contributed by atoms with Gasteiger partial charge in [0.05, 0.1) is 33.7 Å². The molecule has 11 heteroatoms. The molecule has 4 N–H and O–H groups in total. The predicted octanol–water partition coefficient (Wildman–Crippen LogP) is 5.81. The van der Waals surface area contributed by atoms with Crippen LogP contribution in [0.2, 0.25) is 0 Å². The molecule has 47 heavy (non-hydrogen) atoms. The van der Waals surface area contributed by atoms with E-state index in [9.17, 15) is 22.8 Å². The monoisotopic (exact) mass is 646 g/mol. The smallest absolute Gasteiger partial charge is 0.255 e. The van der Waals surface area contributed by atoms with Crippen molar-refractivity contribution in [2.24, 2.45) is 5.73 Å². The van der Waals surface area contributed by atoms with Crippen LogP contribution >= 0.6 is 0 Å². The Hall–Kier alpha value is -5.99. The summed E-state index contributed by atoms with van der Waals surface area (Å²) in [6.45, 7) is 1.72. The Morgan fingerprint density at radius 3 is 2.45 bits per heavy atom. The van der Waals surface area contributed by atoms with Crippen LogP contribution in [0.15, 0.2) is 101 Å². The summed E-state index contributed by atoms with van der Waals surface area (Å²) in [7, 11) is -2.61. The lowest BCUT2D eigenvalue weighted by atomic mass is 10.1. The van der Waals surface area contributed by atoms with E-state index >= 15 is 0 Å². The first-order chi connectivity index (χ1) is 22.6. The molecule has 0 spiro atoms. The molecular weight excluding hydrogens is 616 g/mol. The molecule has 1 aromatic heterocycles. The van der Waals surface area contributed by atoms with Gasteiger partial charge in [0, 0.05) is 53.0 Å². The summed E-state index contributed by atoms with van der Waals surface area (Å²) in [5.41, 5.74) is 9.04. The van der Waals surface area contributed by atoms with E-state index in [0.717, 1.165) is 11.8 Å². The number of nitrogens with two attached hydrogens (primary N) is 1. The molecule has 0 unspecified atom stereocenters. The van der Waals surface area contributed by atoms with E-state index in [1.54, 1.807) is 55.5 Å². The molecule has 0 radical (unpaired) electrons. The number of benzene rings is 4. The van der Waals surface area contributed by atoms with Crippen LogP contribution in [-0.2, 0) is 14.6 Å². The van der Waals surface area contributed by atoms with Gasteiger partial charge in [-0.2, -0.15) is 0 Å². The van der Waals surface area contributed by atoms with Gasteiger partial charge in [0.1, 0.15) is 12.0 Å². The molecule has 0 bridgehead atoms. The first-order valence-corrected chi connectivity index (χ1v) is 15.9. The van der Waals surface area contributed by atoms with Crippen LogP contribution in [0, 0.1) is 18.8 Å². The Morgan fingerprint density at radius 1 is 0.957 bits per heavy atom. The molecule has 0 aliphatic rings. The van der Waals surface area contributed by atoms with E-state index in [1.165, 1.54) is 49.7 Å². The van der Waals surface area contributed by atoms with Gasteiger partial charge in [-0.1, -0.05) is 24.0 Å². The topological polar surface area (TPSA) is 158 Å². The van der Waals surface area contributed by atoms with Crippen LogP contribution in [0.1, 0.15) is 44.7 Å². The van der Waals surface area contributed by atoms with Crippen molar-refractivity contribution in [2.75, 3.05) is 17.7 Å². The molecule has 0 atom stereocenters. The fourth-order valence-electron chi connectivity index (χ4n) is 4.85. The van der Waals surface area contributed by atoms with Gasteiger partial charge >= 0.3 is 0 Å². The zero-order valence-electron chi connectivity index (χ0n) is 25.5. The fourth-order valence-corrected chi connectivity index (χ4v) is 6.26. The SMILES string of the molecule is COc1cccc(Nc2c(C(N)=O)cnc3c(C)cc(S(=O)(=O)c4cccc(C(=O)Nc5ccc(C#CCCC=O)cc5)c4)cc23)c1. The Balaban J connectivity index is 1.48. The van der Waals surface area contributed by atoms with Crippen molar-refractivity contribution in [3.63, 3.8) is 0 Å². The lowest BCUT2D eigenvalue weighted by molar-refractivity contribution is -0.107. The summed E-state index contributed by atoms with van der Waals surface area (Å²) in [6.07, 6.45) is 3.00. The van der Waals surface area contributed by atoms with Crippen LogP contribution in [0.25, 0.3) is 10.9 Å². The van der Waals surface area contributed by atoms with Gasteiger partial charge in [-0.25, -0.2) is 8.42 Å². The molecule has 0 aliphatic carbocycles. The summed E-state index contributed by atoms with van der Waals surface area (Å²) < 4.78 is 33.3. The fraction of sp³-hybridized carbons (Fsp3) is 0.111. The highest BCUT2D eigenvalue weighted by Crippen LogP contribution is 2.35. The maximum atomic E-state index is 14.0. The summed E-state index contributed by atoms with van der Waals surface area (Å²) in [6, 6.07) is 22.6. The maximum Gasteiger partial charge on any atom is 0.255 e. The van der Waals surface area contributed by atoms with Crippen molar-refractivity contribution >= 4 is 55.9 Å². The highest BCUT2D eigenvalue weighted by atomic mass is 32.2. The van der Waals surface area contributed by atoms with Crippen LogP contribution in [0.5, 0.6) is 5.75 Å². The largest absolute Gasteiger partial charge is 0.497 e. The minimum absolute atomic E-state index is 0.0537. The minimum atomic E-state index is -4.14. The number of pyridine rings is 1. The second-order valence-corrected chi connectivity index (χ2v) is 12.4. The van der Waals surface area contributed by atoms with Gasteiger partial charge in [-0.3, -0.25) is 14.6 Å². The zero-order valence-corrected chi connectivity index (χ0v) is 26.4. The van der Waals surface area contributed by atoms with Crippen molar-refractivity contribution in [2.45, 2.75) is 29.6 Å². The van der Waals surface area contributed by atoms with Crippen LogP contribution in [0.4, 0.5) is 17.1 Å². The van der Waals surface area contributed by atoms with E-state index in [4.69, 9.17) is 10.5 Å². The summed E-state index contributed by atoms with van der Waals surface area (Å²) >= 11 is 0. The molecule has 236 valence electrons. The van der Waals surface area contributed by atoms with Crippen molar-refractivity contribution in [3.8, 4) is 17.6 Å². The number of carbonyl (C=O) groups is 3. The van der Waals surface area contributed by atoms with Crippen molar-refractivity contribution < 1.29 is 27.5 Å². The average molecular weight is 647 g/mol. The van der Waals surface area contributed by atoms with Gasteiger partial charge in [0.15, 0.2) is 0 Å². The van der Waals surface area contributed by atoms with Gasteiger partial charge < -0.3 is 25.9 Å². The summed E-state index contributed by atoms with van der Waals surface area (Å²) in [5.74, 6) is 5.19. The Bertz CT molecular complexity index is 2190. The number of nitrogens with one attached hydrogen (secondary N) is 2. The summed E-state index contributed by atoms with van der Waals surface area (Å²) in [5, 5.41) is 6.33. The minimum Gasteiger partial charge on any atom is -0.497 e. The number of amides is 2. The number of ether oxygens (including phenoxy) is 1. The number of nitrogens with zero attached hydrogens (tertiary/aromatic N) is 1. The molecule has 5 aromatic rings. The number of sulfone groups is 1. The zero-order chi connectivity index (χ0) is 33.6. The first-order valence-electron chi connectivity index (χ1n) is 14.4. The second-order valence-electron chi connectivity index (χ2n) is 10.5. The number of carbonyl (C=O) groups excluding carboxylic acids is 3. The number of fused-ring (bicyclic) bond motifs is 1. The Kier molecular flexibility index (Phi) is 9.63. The molecule has 0 saturated carbocycles. The predicted molar refractivity (Wildman–Crippen MR) is 180 cm³/mol. The van der Waals surface area contributed by atoms with Gasteiger partial charge in [-0.15, -0.1) is 0 Å². The molecular formula is C36H30N4O6S. The number of aryl methyl sites for hydroxylation is 1. The lowest BCUT2D eigenvalue weighted by Crippen LogP contribution is -2.15. The normalized spacial score (nSPS) is 10.9. The third kappa shape index (κ3) is 7.30. The first kappa shape index (κ1) is 32.4. The van der Waals surface area contributed by atoms with Crippen LogP contribution in [-0.4, -0.2) is 38.6 Å². The number of aldehydes is 1. The quantitative estimate of drug-likeness (QED) is 0.0975. The highest BCUT2D eigenvalue weighted by molar-refractivity contribution is 7.91. The van der Waals surface area contributed by atoms with Gasteiger partial charge in [0.2, 0.25) is 9.84 Å². The van der Waals surface area contributed by atoms with Crippen molar-refractivity contribution in [1.29, 1.82) is 0 Å². The van der Waals surface area contributed by atoms with Crippen molar-refractivity contribution in [3.05, 3.63) is 113 Å². The van der Waals surface area contributed by atoms with E-state index in [0.29, 0.717) is 52.1 Å². The molecule has 2 amide bonds. The van der Waals surface area contributed by atoms with Gasteiger partial charge in [0.25, 0.3) is 11.8 Å². The number of primary amides is 1. The third-order valence-corrected chi connectivity index (χ3v) is 8.95. The molecule has 10 nitrogen and oxygen atoms in total. The number of unbranched alkanes of at least 4 members (excludes halogenated alkanes) is 1. The number of hydrogen-bond acceptors (Lipinski definition) is 8. The average Bonchev–Trinajstić information content (AvgIpc) is 3.07. The third-order valence-electron chi connectivity index (χ3n) is 7.22. The summed E-state index contributed by atoms with van der Waals surface area (Å²) in [4.78, 5) is 40.2. The molecule has 1 heterocycles. The molecule has 0 fully saturated rings. The second kappa shape index (κ2) is 14.0. The number of methoxy groups -OCH3 is 1. The van der Waals surface area contributed by atoms with E-state index < -0.39 is 21.7 Å². The van der Waals surface area contributed by atoms with E-state index in [2.05, 4.69) is 27.5 Å². The van der Waals surface area contributed by atoms with Gasteiger partial charge in [-0.05, 0) is 79.2 Å². The number of rotatable bonds is 10. The highest BCUT2D eigenvalue weighted by Gasteiger charge is 2.23. The van der Waals surface area contributed by atoms with Crippen LogP contribution < -0.4 is 21.1 Å². The molecule has 4 aromatic carbocycles.